The van der Waals surface area contributed by atoms with Crippen molar-refractivity contribution in [2.45, 2.75) is 62.7 Å². The summed E-state index contributed by atoms with van der Waals surface area (Å²) in [7, 11) is 1.39. The van der Waals surface area contributed by atoms with Crippen LogP contribution in [0.15, 0.2) is 12.1 Å². The third-order valence-electron chi connectivity index (χ3n) is 5.48. The number of hydrogen-bond acceptors (Lipinski definition) is 6. The second-order valence-corrected chi connectivity index (χ2v) is 8.98. The van der Waals surface area contributed by atoms with E-state index in [9.17, 15) is 9.59 Å². The summed E-state index contributed by atoms with van der Waals surface area (Å²) in [5, 5.41) is -0.0530. The lowest BCUT2D eigenvalue weighted by atomic mass is 9.91. The molecule has 1 aromatic heterocycles. The molecular formula is C20H27ClO5S. The van der Waals surface area contributed by atoms with E-state index in [0.29, 0.717) is 11.3 Å². The van der Waals surface area contributed by atoms with Gasteiger partial charge in [-0.05, 0) is 63.0 Å². The van der Waals surface area contributed by atoms with Crippen LogP contribution < -0.4 is 0 Å². The summed E-state index contributed by atoms with van der Waals surface area (Å²) in [6.07, 6.45) is 7.09. The average Bonchev–Trinajstić information content (AvgIpc) is 3.27. The molecule has 5 atom stereocenters. The van der Waals surface area contributed by atoms with Crippen LogP contribution in [0.4, 0.5) is 0 Å². The first-order valence-electron chi connectivity index (χ1n) is 9.66. The van der Waals surface area contributed by atoms with Crippen molar-refractivity contribution in [2.75, 3.05) is 13.7 Å². The van der Waals surface area contributed by atoms with Crippen molar-refractivity contribution in [3.8, 4) is 0 Å². The van der Waals surface area contributed by atoms with Crippen LogP contribution in [0.2, 0.25) is 0 Å². The van der Waals surface area contributed by atoms with E-state index in [0.717, 1.165) is 56.3 Å². The molecule has 150 valence electrons. The Bertz CT molecular complexity index is 628. The minimum Gasteiger partial charge on any atom is -0.465 e. The van der Waals surface area contributed by atoms with Crippen molar-refractivity contribution in [2.24, 2.45) is 11.8 Å². The Morgan fingerprint density at radius 2 is 2.26 bits per heavy atom. The van der Waals surface area contributed by atoms with Gasteiger partial charge in [-0.2, -0.15) is 0 Å². The van der Waals surface area contributed by atoms with Gasteiger partial charge in [0.05, 0.1) is 13.2 Å². The fraction of sp³-hybridized carbons (Fsp3) is 0.700. The van der Waals surface area contributed by atoms with E-state index < -0.39 is 0 Å². The third-order valence-corrected chi connectivity index (χ3v) is 7.10. The van der Waals surface area contributed by atoms with Crippen LogP contribution in [0.3, 0.4) is 0 Å². The number of halogens is 1. The molecule has 0 spiro atoms. The first-order valence-corrected chi connectivity index (χ1v) is 10.9. The monoisotopic (exact) mass is 414 g/mol. The van der Waals surface area contributed by atoms with Crippen molar-refractivity contribution in [1.29, 1.82) is 0 Å². The maximum atomic E-state index is 11.7. The van der Waals surface area contributed by atoms with Crippen LogP contribution >= 0.6 is 22.9 Å². The fourth-order valence-electron chi connectivity index (χ4n) is 4.03. The summed E-state index contributed by atoms with van der Waals surface area (Å²) in [5.74, 6) is -0.349. The molecule has 1 aliphatic carbocycles. The van der Waals surface area contributed by atoms with Crippen molar-refractivity contribution in [3.63, 3.8) is 0 Å². The summed E-state index contributed by atoms with van der Waals surface area (Å²) < 4.78 is 16.5. The number of carbonyl (C=O) groups is 2. The van der Waals surface area contributed by atoms with Gasteiger partial charge in [0.25, 0.3) is 0 Å². The highest BCUT2D eigenvalue weighted by Gasteiger charge is 2.43. The number of methoxy groups -OCH3 is 1. The highest BCUT2D eigenvalue weighted by molar-refractivity contribution is 7.13. The molecule has 2 heterocycles. The minimum atomic E-state index is -0.297. The molecule has 3 rings (SSSR count). The first-order chi connectivity index (χ1) is 13.1. The molecule has 1 aliphatic heterocycles. The molecule has 1 aromatic rings. The molecular weight excluding hydrogens is 388 g/mol. The average molecular weight is 415 g/mol. The lowest BCUT2D eigenvalue weighted by Gasteiger charge is -2.28. The van der Waals surface area contributed by atoms with Crippen molar-refractivity contribution in [1.82, 2.24) is 0 Å². The van der Waals surface area contributed by atoms with Crippen LogP contribution in [0.25, 0.3) is 0 Å². The van der Waals surface area contributed by atoms with E-state index in [1.807, 2.05) is 6.07 Å². The molecule has 0 N–H and O–H groups in total. The molecule has 0 bridgehead atoms. The molecule has 5 nitrogen and oxygen atoms in total. The summed E-state index contributed by atoms with van der Waals surface area (Å²) in [6.45, 7) is 0.727. The zero-order valence-corrected chi connectivity index (χ0v) is 17.2. The molecule has 0 amide bonds. The van der Waals surface area contributed by atoms with E-state index in [4.69, 9.17) is 25.8 Å². The quantitative estimate of drug-likeness (QED) is 0.362. The summed E-state index contributed by atoms with van der Waals surface area (Å²) in [4.78, 5) is 25.0. The number of alkyl halides is 1. The molecule has 2 fully saturated rings. The number of aldehydes is 1. The Kier molecular flexibility index (Phi) is 7.70. The molecule has 1 saturated carbocycles. The number of aryl methyl sites for hydroxylation is 1. The Labute approximate surface area is 169 Å². The van der Waals surface area contributed by atoms with E-state index in [2.05, 4.69) is 0 Å². The van der Waals surface area contributed by atoms with E-state index in [-0.39, 0.29) is 35.6 Å². The Morgan fingerprint density at radius 1 is 1.41 bits per heavy atom. The van der Waals surface area contributed by atoms with Gasteiger partial charge >= 0.3 is 5.97 Å². The fourth-order valence-corrected chi connectivity index (χ4v) is 5.46. The Morgan fingerprint density at radius 3 is 2.96 bits per heavy atom. The lowest BCUT2D eigenvalue weighted by Crippen LogP contribution is -2.32. The summed E-state index contributed by atoms with van der Waals surface area (Å²) in [6, 6.07) is 3.77. The SMILES string of the molecule is COC(=O)c1ccc(CCC[C@@H]2[C@@H](C=O)[C@@H](OC3CCCCO3)C[C@H]2Cl)s1. The van der Waals surface area contributed by atoms with E-state index in [1.54, 1.807) is 6.07 Å². The van der Waals surface area contributed by atoms with Gasteiger partial charge in [0, 0.05) is 22.8 Å². The highest BCUT2D eigenvalue weighted by Crippen LogP contribution is 2.41. The van der Waals surface area contributed by atoms with Gasteiger partial charge < -0.3 is 19.0 Å². The predicted molar refractivity (Wildman–Crippen MR) is 104 cm³/mol. The topological polar surface area (TPSA) is 61.8 Å². The van der Waals surface area contributed by atoms with Crippen LogP contribution in [0.5, 0.6) is 0 Å². The van der Waals surface area contributed by atoms with Gasteiger partial charge in [0.15, 0.2) is 6.29 Å². The second kappa shape index (κ2) is 10.0. The molecule has 27 heavy (non-hydrogen) atoms. The number of ether oxygens (including phenoxy) is 3. The van der Waals surface area contributed by atoms with Gasteiger partial charge in [0.1, 0.15) is 11.2 Å². The number of hydrogen-bond donors (Lipinski definition) is 0. The van der Waals surface area contributed by atoms with Crippen molar-refractivity contribution >= 4 is 35.2 Å². The van der Waals surface area contributed by atoms with E-state index >= 15 is 0 Å². The van der Waals surface area contributed by atoms with Crippen LogP contribution in [0.1, 0.15) is 53.1 Å². The molecule has 0 radical (unpaired) electrons. The maximum Gasteiger partial charge on any atom is 0.348 e. The zero-order chi connectivity index (χ0) is 19.2. The number of carbonyl (C=O) groups excluding carboxylic acids is 2. The molecule has 1 unspecified atom stereocenters. The Hall–Kier alpha value is -0.950. The van der Waals surface area contributed by atoms with Crippen molar-refractivity contribution < 1.29 is 23.8 Å². The smallest absolute Gasteiger partial charge is 0.348 e. The predicted octanol–water partition coefficient (Wildman–Crippen LogP) is 4.21. The third kappa shape index (κ3) is 5.31. The van der Waals surface area contributed by atoms with Gasteiger partial charge in [-0.3, -0.25) is 0 Å². The summed E-state index contributed by atoms with van der Waals surface area (Å²) in [5.41, 5.74) is 0. The Balaban J connectivity index is 1.50. The highest BCUT2D eigenvalue weighted by atomic mass is 35.5. The summed E-state index contributed by atoms with van der Waals surface area (Å²) >= 11 is 8.03. The van der Waals surface area contributed by atoms with Crippen molar-refractivity contribution in [3.05, 3.63) is 21.9 Å². The molecule has 0 aromatic carbocycles. The number of thiophene rings is 1. The lowest BCUT2D eigenvalue weighted by molar-refractivity contribution is -0.194. The van der Waals surface area contributed by atoms with Crippen LogP contribution in [-0.2, 0) is 25.4 Å². The number of rotatable bonds is 8. The zero-order valence-electron chi connectivity index (χ0n) is 15.6. The first kappa shape index (κ1) is 20.8. The molecule has 7 heteroatoms. The second-order valence-electron chi connectivity index (χ2n) is 7.25. The van der Waals surface area contributed by atoms with Gasteiger partial charge in [-0.1, -0.05) is 0 Å². The number of esters is 1. The standard InChI is InChI=1S/C20H27ClO5S/c1-24-20(23)18-9-8-13(27-18)5-4-6-14-15(12-22)17(11-16(14)21)26-19-7-2-3-10-25-19/h8-9,12,14-17,19H,2-7,10-11H2,1H3/t14-,15-,16-,17+,19?/m1/s1. The minimum absolute atomic E-state index is 0.0530. The molecule has 1 saturated heterocycles. The van der Waals surface area contributed by atoms with Crippen LogP contribution in [0, 0.1) is 11.8 Å². The normalized spacial score (nSPS) is 31.0. The van der Waals surface area contributed by atoms with Gasteiger partial charge in [-0.15, -0.1) is 22.9 Å². The van der Waals surface area contributed by atoms with Crippen LogP contribution in [-0.4, -0.2) is 43.7 Å². The van der Waals surface area contributed by atoms with Gasteiger partial charge in [-0.25, -0.2) is 4.79 Å². The van der Waals surface area contributed by atoms with E-state index in [1.165, 1.54) is 18.4 Å². The van der Waals surface area contributed by atoms with Gasteiger partial charge in [0.2, 0.25) is 0 Å². The maximum absolute atomic E-state index is 11.7. The largest absolute Gasteiger partial charge is 0.465 e. The molecule has 2 aliphatic rings.